The minimum Gasteiger partial charge on any atom is -0.258 e. The maximum atomic E-state index is 13.0. The smallest absolute Gasteiger partial charge is 0.258 e. The third-order valence-corrected chi connectivity index (χ3v) is 6.92. The van der Waals surface area contributed by atoms with E-state index in [1.807, 2.05) is 24.3 Å². The second-order valence-electron chi connectivity index (χ2n) is 6.93. The molecule has 0 amide bonds. The van der Waals surface area contributed by atoms with E-state index in [4.69, 9.17) is 0 Å². The molecule has 0 fully saturated rings. The molecule has 1 aliphatic heterocycles. The van der Waals surface area contributed by atoms with Crippen molar-refractivity contribution in [1.29, 1.82) is 0 Å². The van der Waals surface area contributed by atoms with Gasteiger partial charge < -0.3 is 0 Å². The molecule has 0 atom stereocenters. The SMILES string of the molecule is O=[N+]([O-])c1ccccc1C=Nc1ccc(S(=O)(=O)N2CCc3ccccc3C2)cc1. The molecule has 4 rings (SSSR count). The van der Waals surface area contributed by atoms with E-state index in [0.717, 1.165) is 5.56 Å². The van der Waals surface area contributed by atoms with Crippen LogP contribution in [0.3, 0.4) is 0 Å². The normalized spacial score (nSPS) is 14.5. The Morgan fingerprint density at radius 3 is 2.33 bits per heavy atom. The van der Waals surface area contributed by atoms with Crippen LogP contribution in [-0.4, -0.2) is 30.4 Å². The minimum absolute atomic E-state index is 0.0363. The van der Waals surface area contributed by atoms with Crippen LogP contribution >= 0.6 is 0 Å². The molecule has 8 heteroatoms. The molecule has 0 saturated carbocycles. The Morgan fingerprint density at radius 2 is 1.60 bits per heavy atom. The summed E-state index contributed by atoms with van der Waals surface area (Å²) in [6, 6.07) is 20.4. The summed E-state index contributed by atoms with van der Waals surface area (Å²) in [5.74, 6) is 0. The fraction of sp³-hybridized carbons (Fsp3) is 0.136. The summed E-state index contributed by atoms with van der Waals surface area (Å²) in [5.41, 5.74) is 3.06. The first-order chi connectivity index (χ1) is 14.4. The zero-order valence-corrected chi connectivity index (χ0v) is 16.8. The number of rotatable bonds is 5. The van der Waals surface area contributed by atoms with Crippen molar-refractivity contribution in [3.05, 3.63) is 99.6 Å². The van der Waals surface area contributed by atoms with E-state index in [9.17, 15) is 18.5 Å². The molecule has 0 spiro atoms. The molecular weight excluding hydrogens is 402 g/mol. The van der Waals surface area contributed by atoms with Crippen molar-refractivity contribution in [1.82, 2.24) is 4.31 Å². The summed E-state index contributed by atoms with van der Waals surface area (Å²) in [6.07, 6.45) is 2.09. The largest absolute Gasteiger partial charge is 0.278 e. The molecule has 0 bridgehead atoms. The van der Waals surface area contributed by atoms with E-state index in [1.165, 1.54) is 34.3 Å². The quantitative estimate of drug-likeness (QED) is 0.352. The van der Waals surface area contributed by atoms with Gasteiger partial charge in [-0.3, -0.25) is 15.1 Å². The van der Waals surface area contributed by atoms with Crippen molar-refractivity contribution in [3.8, 4) is 0 Å². The van der Waals surface area contributed by atoms with Gasteiger partial charge in [0, 0.05) is 25.4 Å². The Kier molecular flexibility index (Phi) is 5.43. The van der Waals surface area contributed by atoms with Gasteiger partial charge in [-0.2, -0.15) is 4.31 Å². The van der Waals surface area contributed by atoms with Crippen LogP contribution in [-0.2, 0) is 23.0 Å². The molecule has 30 heavy (non-hydrogen) atoms. The van der Waals surface area contributed by atoms with Crippen LogP contribution in [0.2, 0.25) is 0 Å². The third kappa shape index (κ3) is 4.00. The van der Waals surface area contributed by atoms with E-state index in [-0.39, 0.29) is 10.6 Å². The molecule has 0 radical (unpaired) electrons. The van der Waals surface area contributed by atoms with Crippen molar-refractivity contribution in [2.75, 3.05) is 6.54 Å². The van der Waals surface area contributed by atoms with Crippen molar-refractivity contribution in [2.45, 2.75) is 17.9 Å². The maximum Gasteiger partial charge on any atom is 0.278 e. The maximum absolute atomic E-state index is 13.0. The first-order valence-corrected chi connectivity index (χ1v) is 10.8. The van der Waals surface area contributed by atoms with Crippen molar-refractivity contribution in [3.63, 3.8) is 0 Å². The number of aliphatic imine (C=N–C) groups is 1. The van der Waals surface area contributed by atoms with Gasteiger partial charge in [0.2, 0.25) is 10.0 Å². The molecule has 0 aromatic heterocycles. The van der Waals surface area contributed by atoms with Gasteiger partial charge in [-0.25, -0.2) is 8.42 Å². The van der Waals surface area contributed by atoms with Crippen LogP contribution in [0.4, 0.5) is 11.4 Å². The standard InChI is InChI=1S/C22H19N3O4S/c26-25(27)22-8-4-3-6-18(22)15-23-20-9-11-21(12-10-20)30(28,29)24-14-13-17-5-1-2-7-19(17)16-24/h1-12,15H,13-14,16H2. The van der Waals surface area contributed by atoms with Gasteiger partial charge in [0.15, 0.2) is 0 Å². The number of sulfonamides is 1. The van der Waals surface area contributed by atoms with Crippen molar-refractivity contribution in [2.24, 2.45) is 4.99 Å². The summed E-state index contributed by atoms with van der Waals surface area (Å²) < 4.78 is 27.5. The molecule has 152 valence electrons. The van der Waals surface area contributed by atoms with E-state index in [1.54, 1.807) is 30.3 Å². The highest BCUT2D eigenvalue weighted by atomic mass is 32.2. The Labute approximate surface area is 174 Å². The van der Waals surface area contributed by atoms with Gasteiger partial charge in [0.25, 0.3) is 5.69 Å². The van der Waals surface area contributed by atoms with Gasteiger partial charge in [0.1, 0.15) is 0 Å². The number of nitrogens with zero attached hydrogens (tertiary/aromatic N) is 3. The Morgan fingerprint density at radius 1 is 0.933 bits per heavy atom. The van der Waals surface area contributed by atoms with Gasteiger partial charge in [-0.15, -0.1) is 0 Å². The predicted molar refractivity (Wildman–Crippen MR) is 115 cm³/mol. The lowest BCUT2D eigenvalue weighted by Gasteiger charge is -2.28. The topological polar surface area (TPSA) is 92.9 Å². The lowest BCUT2D eigenvalue weighted by Crippen LogP contribution is -2.35. The Balaban J connectivity index is 1.53. The highest BCUT2D eigenvalue weighted by Crippen LogP contribution is 2.26. The second-order valence-corrected chi connectivity index (χ2v) is 8.86. The van der Waals surface area contributed by atoms with E-state index in [2.05, 4.69) is 4.99 Å². The van der Waals surface area contributed by atoms with Crippen LogP contribution < -0.4 is 0 Å². The van der Waals surface area contributed by atoms with Crippen LogP contribution in [0.5, 0.6) is 0 Å². The summed E-state index contributed by atoms with van der Waals surface area (Å²) in [6.45, 7) is 0.799. The molecular formula is C22H19N3O4S. The van der Waals surface area contributed by atoms with Gasteiger partial charge >= 0.3 is 0 Å². The molecule has 7 nitrogen and oxygen atoms in total. The highest BCUT2D eigenvalue weighted by molar-refractivity contribution is 7.89. The molecule has 0 saturated heterocycles. The lowest BCUT2D eigenvalue weighted by molar-refractivity contribution is -0.385. The first kappa shape index (κ1) is 19.9. The average Bonchev–Trinajstić information content (AvgIpc) is 2.77. The molecule has 0 unspecified atom stereocenters. The van der Waals surface area contributed by atoms with Crippen molar-refractivity contribution >= 4 is 27.6 Å². The monoisotopic (exact) mass is 421 g/mol. The van der Waals surface area contributed by atoms with Crippen LogP contribution in [0.1, 0.15) is 16.7 Å². The number of para-hydroxylation sites is 1. The summed E-state index contributed by atoms with van der Waals surface area (Å²) in [5, 5.41) is 11.1. The second kappa shape index (κ2) is 8.17. The molecule has 0 N–H and O–H groups in total. The number of hydrogen-bond acceptors (Lipinski definition) is 5. The Hall–Kier alpha value is -3.36. The fourth-order valence-corrected chi connectivity index (χ4v) is 4.85. The summed E-state index contributed by atoms with van der Waals surface area (Å²) >= 11 is 0. The van der Waals surface area contributed by atoms with E-state index in [0.29, 0.717) is 30.8 Å². The average molecular weight is 421 g/mol. The van der Waals surface area contributed by atoms with Crippen LogP contribution in [0, 0.1) is 10.1 Å². The van der Waals surface area contributed by atoms with Gasteiger partial charge in [0.05, 0.1) is 21.1 Å². The molecule has 1 aliphatic rings. The van der Waals surface area contributed by atoms with Crippen molar-refractivity contribution < 1.29 is 13.3 Å². The summed E-state index contributed by atoms with van der Waals surface area (Å²) in [7, 11) is -3.61. The third-order valence-electron chi connectivity index (χ3n) is 5.06. The van der Waals surface area contributed by atoms with E-state index < -0.39 is 14.9 Å². The number of nitro benzene ring substituents is 1. The fourth-order valence-electron chi connectivity index (χ4n) is 3.44. The molecule has 3 aromatic rings. The summed E-state index contributed by atoms with van der Waals surface area (Å²) in [4.78, 5) is 15.1. The van der Waals surface area contributed by atoms with E-state index >= 15 is 0 Å². The highest BCUT2D eigenvalue weighted by Gasteiger charge is 2.28. The molecule has 0 aliphatic carbocycles. The zero-order chi connectivity index (χ0) is 21.1. The first-order valence-electron chi connectivity index (χ1n) is 9.39. The minimum atomic E-state index is -3.61. The number of benzene rings is 3. The number of fused-ring (bicyclic) bond motifs is 1. The van der Waals surface area contributed by atoms with Crippen LogP contribution in [0.25, 0.3) is 0 Å². The Bertz CT molecular complexity index is 1220. The number of nitro groups is 1. The van der Waals surface area contributed by atoms with Gasteiger partial charge in [-0.1, -0.05) is 36.4 Å². The van der Waals surface area contributed by atoms with Crippen LogP contribution in [0.15, 0.2) is 82.7 Å². The molecule has 3 aromatic carbocycles. The lowest BCUT2D eigenvalue weighted by atomic mass is 10.0. The number of hydrogen-bond donors (Lipinski definition) is 0. The zero-order valence-electron chi connectivity index (χ0n) is 16.0. The van der Waals surface area contributed by atoms with Gasteiger partial charge in [-0.05, 0) is 47.9 Å². The molecule has 1 heterocycles. The predicted octanol–water partition coefficient (Wildman–Crippen LogP) is 4.09.